The molecule has 50 heavy (non-hydrogen) atoms. The third kappa shape index (κ3) is 18.5. The van der Waals surface area contributed by atoms with E-state index in [4.69, 9.17) is 20.4 Å². The summed E-state index contributed by atoms with van der Waals surface area (Å²) in [6, 6.07) is -8.56. The molecule has 0 aliphatic heterocycles. The van der Waals surface area contributed by atoms with Crippen LogP contribution in [0.2, 0.25) is 0 Å². The maximum Gasteiger partial charge on any atom is 0.325 e. The lowest BCUT2D eigenvalue weighted by Gasteiger charge is -2.25. The molecule has 0 aromatic heterocycles. The molecule has 0 bridgehead atoms. The number of carbonyl (C=O) groups is 11. The number of nitrogens with one attached hydrogen (secondary N) is 7. The van der Waals surface area contributed by atoms with Crippen LogP contribution < -0.4 is 37.2 Å². The van der Waals surface area contributed by atoms with Crippen molar-refractivity contribution >= 4 is 65.2 Å². The summed E-state index contributed by atoms with van der Waals surface area (Å²) in [6.45, 7) is 3.88. The summed E-state index contributed by atoms with van der Waals surface area (Å²) in [6.07, 6.45) is -2.97. The highest BCUT2D eigenvalue weighted by molar-refractivity contribution is 5.97. The molecule has 0 radical (unpaired) electrons. The third-order valence-electron chi connectivity index (χ3n) is 6.58. The normalized spacial score (nSPS) is 14.1. The number of carboxylic acid groups (broad SMARTS) is 4. The van der Waals surface area contributed by atoms with E-state index >= 15 is 0 Å². The maximum absolute atomic E-state index is 13.0. The summed E-state index contributed by atoms with van der Waals surface area (Å²) in [5.41, 5.74) is 0. The Morgan fingerprint density at radius 1 is 0.460 bits per heavy atom. The van der Waals surface area contributed by atoms with E-state index in [1.807, 2.05) is 0 Å². The lowest BCUT2D eigenvalue weighted by Crippen LogP contribution is -2.58. The Morgan fingerprint density at radius 2 is 0.820 bits per heavy atom. The number of rotatable bonds is 23. The fourth-order valence-corrected chi connectivity index (χ4v) is 3.85. The molecular weight excluding hydrogens is 674 g/mol. The summed E-state index contributed by atoms with van der Waals surface area (Å²) in [7, 11) is 0. The minimum Gasteiger partial charge on any atom is -0.481 e. The molecule has 0 aromatic rings. The second-order valence-electron chi connectivity index (χ2n) is 11.0. The number of hydrogen-bond acceptors (Lipinski definition) is 11. The topological polar surface area (TPSA) is 353 Å². The van der Waals surface area contributed by atoms with Crippen LogP contribution in [0.1, 0.15) is 66.2 Å². The van der Waals surface area contributed by atoms with Gasteiger partial charge in [0.2, 0.25) is 41.4 Å². The van der Waals surface area contributed by atoms with Crippen molar-refractivity contribution in [2.45, 2.75) is 102 Å². The van der Waals surface area contributed by atoms with Gasteiger partial charge >= 0.3 is 23.9 Å². The molecule has 0 aromatic carbocycles. The molecule has 280 valence electrons. The van der Waals surface area contributed by atoms with E-state index in [1.165, 1.54) is 13.8 Å². The molecule has 0 rings (SSSR count). The van der Waals surface area contributed by atoms with Crippen molar-refractivity contribution in [2.24, 2.45) is 0 Å². The predicted molar refractivity (Wildman–Crippen MR) is 166 cm³/mol. The van der Waals surface area contributed by atoms with Gasteiger partial charge < -0.3 is 57.6 Å². The van der Waals surface area contributed by atoms with Gasteiger partial charge in [-0.2, -0.15) is 0 Å². The fraction of sp³-hybridized carbons (Fsp3) is 0.607. The van der Waals surface area contributed by atoms with E-state index in [0.29, 0.717) is 0 Å². The predicted octanol–water partition coefficient (Wildman–Crippen LogP) is -4.23. The highest BCUT2D eigenvalue weighted by Crippen LogP contribution is 2.04. The first-order valence-electron chi connectivity index (χ1n) is 15.1. The Hall–Kier alpha value is -5.83. The van der Waals surface area contributed by atoms with Crippen LogP contribution in [0, 0.1) is 0 Å². The standard InChI is InChI=1S/C28H43N7O15/c1-12(23(44)34-16(5-8-20(38)39)25(46)29-11-19(37)30-14(3)28(49)50)32-27(48)18(7-10-22(42)43)35-24(45)13(2)31-26(47)17(33-15(4)36)6-9-21(40)41/h12-14,16-18H,5-11H2,1-4H3,(H,29,46)(H,30,37)(H,31,47)(H,32,48)(H,33,36)(H,34,44)(H,35,45)(H,38,39)(H,40,41)(H,42,43)(H,49,50)/t12-,13-,14-,16-,17-,18-/m0/s1. The second-order valence-corrected chi connectivity index (χ2v) is 11.0. The van der Waals surface area contributed by atoms with Gasteiger partial charge in [0, 0.05) is 26.2 Å². The Balaban J connectivity index is 5.61. The van der Waals surface area contributed by atoms with Crippen molar-refractivity contribution < 1.29 is 73.2 Å². The summed E-state index contributed by atoms with van der Waals surface area (Å²) in [4.78, 5) is 131. The van der Waals surface area contributed by atoms with E-state index in [1.54, 1.807) is 0 Å². The molecule has 22 nitrogen and oxygen atoms in total. The minimum atomic E-state index is -1.58. The lowest BCUT2D eigenvalue weighted by atomic mass is 10.1. The first kappa shape index (κ1) is 44.2. The third-order valence-corrected chi connectivity index (χ3v) is 6.58. The Labute approximate surface area is 284 Å². The average Bonchev–Trinajstić information content (AvgIpc) is 3.00. The lowest BCUT2D eigenvalue weighted by molar-refractivity contribution is -0.141. The molecule has 0 aliphatic rings. The zero-order valence-corrected chi connectivity index (χ0v) is 27.7. The molecule has 0 spiro atoms. The van der Waals surface area contributed by atoms with Gasteiger partial charge in [-0.15, -0.1) is 0 Å². The van der Waals surface area contributed by atoms with E-state index in [-0.39, 0.29) is 6.42 Å². The van der Waals surface area contributed by atoms with Gasteiger partial charge in [0.05, 0.1) is 6.54 Å². The first-order chi connectivity index (χ1) is 23.1. The van der Waals surface area contributed by atoms with Crippen molar-refractivity contribution in [3.8, 4) is 0 Å². The summed E-state index contributed by atoms with van der Waals surface area (Å²) < 4.78 is 0. The first-order valence-corrected chi connectivity index (χ1v) is 15.1. The van der Waals surface area contributed by atoms with Crippen molar-refractivity contribution in [1.29, 1.82) is 0 Å². The van der Waals surface area contributed by atoms with Gasteiger partial charge in [0.25, 0.3) is 0 Å². The smallest absolute Gasteiger partial charge is 0.325 e. The van der Waals surface area contributed by atoms with Gasteiger partial charge in [-0.1, -0.05) is 0 Å². The zero-order chi connectivity index (χ0) is 38.7. The summed E-state index contributed by atoms with van der Waals surface area (Å²) >= 11 is 0. The van der Waals surface area contributed by atoms with Crippen molar-refractivity contribution in [2.75, 3.05) is 6.54 Å². The van der Waals surface area contributed by atoms with Crippen LogP contribution in [0.15, 0.2) is 0 Å². The van der Waals surface area contributed by atoms with Crippen LogP contribution in [-0.4, -0.2) is 128 Å². The summed E-state index contributed by atoms with van der Waals surface area (Å²) in [5, 5.41) is 51.3. The second kappa shape index (κ2) is 21.9. The van der Waals surface area contributed by atoms with Gasteiger partial charge in [0.15, 0.2) is 0 Å². The molecule has 0 fully saturated rings. The van der Waals surface area contributed by atoms with Crippen LogP contribution in [-0.2, 0) is 52.7 Å². The van der Waals surface area contributed by atoms with Crippen molar-refractivity contribution in [3.05, 3.63) is 0 Å². The van der Waals surface area contributed by atoms with Gasteiger partial charge in [-0.05, 0) is 40.0 Å². The molecule has 0 heterocycles. The highest BCUT2D eigenvalue weighted by atomic mass is 16.4. The highest BCUT2D eigenvalue weighted by Gasteiger charge is 2.30. The molecular formula is C28H43N7O15. The molecule has 11 N–H and O–H groups in total. The van der Waals surface area contributed by atoms with Crippen LogP contribution >= 0.6 is 0 Å². The van der Waals surface area contributed by atoms with Crippen molar-refractivity contribution in [1.82, 2.24) is 37.2 Å². The summed E-state index contributed by atoms with van der Waals surface area (Å²) in [5.74, 6) is -11.8. The molecule has 0 aliphatic carbocycles. The van der Waals surface area contributed by atoms with E-state index in [2.05, 4.69) is 37.2 Å². The molecule has 0 saturated carbocycles. The molecule has 7 amide bonds. The number of hydrogen-bond donors (Lipinski definition) is 11. The Morgan fingerprint density at radius 3 is 1.16 bits per heavy atom. The molecule has 0 unspecified atom stereocenters. The fourth-order valence-electron chi connectivity index (χ4n) is 3.85. The maximum atomic E-state index is 13.0. The number of carbonyl (C=O) groups excluding carboxylic acids is 7. The molecule has 22 heteroatoms. The van der Waals surface area contributed by atoms with Crippen LogP contribution in [0.5, 0.6) is 0 Å². The minimum absolute atomic E-state index is 0.307. The van der Waals surface area contributed by atoms with Gasteiger partial charge in [-0.3, -0.25) is 52.7 Å². The zero-order valence-electron chi connectivity index (χ0n) is 27.7. The molecule has 6 atom stereocenters. The molecule has 0 saturated heterocycles. The monoisotopic (exact) mass is 717 g/mol. The largest absolute Gasteiger partial charge is 0.481 e. The van der Waals surface area contributed by atoms with Crippen LogP contribution in [0.4, 0.5) is 0 Å². The van der Waals surface area contributed by atoms with Crippen molar-refractivity contribution in [3.63, 3.8) is 0 Å². The van der Waals surface area contributed by atoms with E-state index in [0.717, 1.165) is 13.8 Å². The van der Waals surface area contributed by atoms with Crippen LogP contribution in [0.25, 0.3) is 0 Å². The number of amides is 7. The average molecular weight is 718 g/mol. The van der Waals surface area contributed by atoms with Gasteiger partial charge in [0.1, 0.15) is 36.3 Å². The number of aliphatic carboxylic acids is 4. The van der Waals surface area contributed by atoms with Crippen LogP contribution in [0.3, 0.4) is 0 Å². The number of carboxylic acids is 4. The van der Waals surface area contributed by atoms with Gasteiger partial charge in [-0.25, -0.2) is 0 Å². The quantitative estimate of drug-likeness (QED) is 0.0477. The van der Waals surface area contributed by atoms with E-state index in [9.17, 15) is 52.7 Å². The SMILES string of the molecule is CC(=O)N[C@@H](CCC(=O)O)C(=O)N[C@@H](C)C(=O)N[C@@H](CCC(=O)O)C(=O)N[C@@H](C)C(=O)N[C@@H](CCC(=O)O)C(=O)NCC(=O)N[C@@H](C)C(=O)O. The van der Waals surface area contributed by atoms with E-state index < -0.39 is 140 Å². The Bertz CT molecular complexity index is 1320. The Kier molecular flexibility index (Phi) is 19.4.